The third-order valence-electron chi connectivity index (χ3n) is 9.63. The maximum absolute atomic E-state index is 13.7. The minimum Gasteiger partial charge on any atom is -0.459 e. The lowest BCUT2D eigenvalue weighted by Crippen LogP contribution is -2.78. The van der Waals surface area contributed by atoms with Crippen LogP contribution < -0.4 is 0 Å². The van der Waals surface area contributed by atoms with E-state index >= 15 is 0 Å². The molecule has 2 aromatic rings. The standard InChI is InChI=1S/C35H40O10/c1-20-19-25(38)29(42-22(3)37)34(6)31(44-32(40)24-15-11-8-12-16-24)28(41-21(2)36)27-30(35(20,34)45-33(27,4)5)43-26(39)18-17-23-13-9-7-10-14-23/h7-18,20,25,27-31,38H,19H2,1-6H3/b18-17+/t20-,25+,27-,28+,29+,30-,31+,34+,35-/m1/s1. The number of esters is 4. The Morgan fingerprint density at radius 3 is 2.02 bits per heavy atom. The quantitative estimate of drug-likeness (QED) is 0.271. The van der Waals surface area contributed by atoms with Crippen molar-refractivity contribution in [3.63, 3.8) is 0 Å². The second kappa shape index (κ2) is 12.1. The van der Waals surface area contributed by atoms with E-state index in [4.69, 9.17) is 23.7 Å². The first-order valence-electron chi connectivity index (χ1n) is 15.1. The Morgan fingerprint density at radius 2 is 1.42 bits per heavy atom. The zero-order chi connectivity index (χ0) is 32.7. The lowest BCUT2D eigenvalue weighted by atomic mass is 9.47. The van der Waals surface area contributed by atoms with E-state index in [0.717, 1.165) is 5.56 Å². The fourth-order valence-corrected chi connectivity index (χ4v) is 7.99. The highest BCUT2D eigenvalue weighted by Crippen LogP contribution is 2.68. The van der Waals surface area contributed by atoms with Gasteiger partial charge in [-0.1, -0.05) is 55.5 Å². The molecule has 5 rings (SSSR count). The van der Waals surface area contributed by atoms with Gasteiger partial charge in [0.1, 0.15) is 23.9 Å². The fourth-order valence-electron chi connectivity index (χ4n) is 7.99. The van der Waals surface area contributed by atoms with Crippen molar-refractivity contribution in [2.45, 2.75) is 89.7 Å². The van der Waals surface area contributed by atoms with Gasteiger partial charge in [-0.2, -0.15) is 0 Å². The first kappa shape index (κ1) is 32.4. The lowest BCUT2D eigenvalue weighted by Gasteiger charge is -2.63. The summed E-state index contributed by atoms with van der Waals surface area (Å²) in [5.74, 6) is -4.03. The highest BCUT2D eigenvalue weighted by atomic mass is 16.6. The summed E-state index contributed by atoms with van der Waals surface area (Å²) in [4.78, 5) is 52.4. The summed E-state index contributed by atoms with van der Waals surface area (Å²) >= 11 is 0. The summed E-state index contributed by atoms with van der Waals surface area (Å²) in [7, 11) is 0. The van der Waals surface area contributed by atoms with Crippen LogP contribution in [0, 0.1) is 17.3 Å². The molecular formula is C35H40O10. The zero-order valence-electron chi connectivity index (χ0n) is 26.3. The van der Waals surface area contributed by atoms with Gasteiger partial charge in [0.15, 0.2) is 6.10 Å². The van der Waals surface area contributed by atoms with Crippen molar-refractivity contribution in [3.05, 3.63) is 77.9 Å². The van der Waals surface area contributed by atoms with Crippen LogP contribution in [-0.4, -0.2) is 70.7 Å². The van der Waals surface area contributed by atoms with E-state index in [1.807, 2.05) is 37.3 Å². The van der Waals surface area contributed by atoms with Crippen LogP contribution in [0.15, 0.2) is 66.7 Å². The van der Waals surface area contributed by atoms with Crippen molar-refractivity contribution in [1.29, 1.82) is 0 Å². The number of ether oxygens (including phenoxy) is 5. The molecular weight excluding hydrogens is 580 g/mol. The maximum Gasteiger partial charge on any atom is 0.338 e. The fraction of sp³-hybridized carbons (Fsp3) is 0.486. The predicted octanol–water partition coefficient (Wildman–Crippen LogP) is 4.29. The molecule has 1 heterocycles. The minimum atomic E-state index is -1.57. The van der Waals surface area contributed by atoms with Crippen LogP contribution in [0.25, 0.3) is 6.08 Å². The van der Waals surface area contributed by atoms with E-state index in [9.17, 15) is 24.3 Å². The second-order valence-corrected chi connectivity index (χ2v) is 12.9. The third kappa shape index (κ3) is 5.55. The highest BCUT2D eigenvalue weighted by Gasteiger charge is 2.83. The average molecular weight is 621 g/mol. The molecule has 10 heteroatoms. The van der Waals surface area contributed by atoms with Gasteiger partial charge < -0.3 is 28.8 Å². The van der Waals surface area contributed by atoms with Crippen LogP contribution in [0.3, 0.4) is 0 Å². The van der Waals surface area contributed by atoms with Crippen molar-refractivity contribution in [2.24, 2.45) is 17.3 Å². The van der Waals surface area contributed by atoms with E-state index in [1.54, 1.807) is 57.2 Å². The summed E-state index contributed by atoms with van der Waals surface area (Å²) < 4.78 is 31.2. The maximum atomic E-state index is 13.7. The summed E-state index contributed by atoms with van der Waals surface area (Å²) in [6.07, 6.45) is -2.97. The van der Waals surface area contributed by atoms with E-state index in [-0.39, 0.29) is 12.0 Å². The summed E-state index contributed by atoms with van der Waals surface area (Å²) in [6, 6.07) is 17.5. The van der Waals surface area contributed by atoms with E-state index in [0.29, 0.717) is 0 Å². The Bertz CT molecular complexity index is 1470. The molecule has 2 aliphatic carbocycles. The highest BCUT2D eigenvalue weighted by molar-refractivity contribution is 5.89. The Labute approximate surface area is 262 Å². The zero-order valence-corrected chi connectivity index (χ0v) is 26.3. The van der Waals surface area contributed by atoms with E-state index < -0.39 is 82.8 Å². The van der Waals surface area contributed by atoms with Gasteiger partial charge in [-0.15, -0.1) is 0 Å². The molecule has 3 fully saturated rings. The minimum absolute atomic E-state index is 0.127. The van der Waals surface area contributed by atoms with E-state index in [1.165, 1.54) is 19.9 Å². The molecule has 45 heavy (non-hydrogen) atoms. The normalized spacial score (nSPS) is 34.8. The summed E-state index contributed by atoms with van der Waals surface area (Å²) in [6.45, 7) is 9.57. The van der Waals surface area contributed by atoms with Gasteiger partial charge in [-0.25, -0.2) is 9.59 Å². The molecule has 3 aliphatic rings. The molecule has 2 aromatic carbocycles. The third-order valence-corrected chi connectivity index (χ3v) is 9.63. The van der Waals surface area contributed by atoms with Crippen molar-refractivity contribution >= 4 is 30.0 Å². The van der Waals surface area contributed by atoms with Crippen LogP contribution in [0.1, 0.15) is 63.9 Å². The number of carbonyl (C=O) groups excluding carboxylic acids is 4. The van der Waals surface area contributed by atoms with Gasteiger partial charge >= 0.3 is 23.9 Å². The number of hydrogen-bond acceptors (Lipinski definition) is 10. The molecule has 240 valence electrons. The molecule has 0 unspecified atom stereocenters. The molecule has 1 N–H and O–H groups in total. The molecule has 2 saturated carbocycles. The number of aliphatic hydroxyl groups is 1. The Morgan fingerprint density at radius 1 is 0.822 bits per heavy atom. The second-order valence-electron chi connectivity index (χ2n) is 12.9. The molecule has 0 radical (unpaired) electrons. The monoisotopic (exact) mass is 620 g/mol. The molecule has 0 amide bonds. The van der Waals surface area contributed by atoms with Gasteiger partial charge in [-0.3, -0.25) is 9.59 Å². The van der Waals surface area contributed by atoms with Crippen LogP contribution in [0.2, 0.25) is 0 Å². The first-order valence-corrected chi connectivity index (χ1v) is 15.1. The van der Waals surface area contributed by atoms with Gasteiger partial charge in [0.05, 0.1) is 28.6 Å². The van der Waals surface area contributed by atoms with Crippen molar-refractivity contribution in [2.75, 3.05) is 0 Å². The van der Waals surface area contributed by atoms with Crippen molar-refractivity contribution in [1.82, 2.24) is 0 Å². The summed E-state index contributed by atoms with van der Waals surface area (Å²) in [5, 5.41) is 11.5. The SMILES string of the molecule is CC(=O)O[C@H]1[C@@H]2[C@@H](OC(=O)/C=C/c3ccccc3)[C@]3(OC2(C)C)[C@H](C)C[C@H](O)[C@H](OC(C)=O)[C@@]3(C)[C@H]1OC(=O)c1ccccc1. The number of benzene rings is 2. The number of fused-ring (bicyclic) bond motifs is 1. The molecule has 1 aliphatic heterocycles. The Balaban J connectivity index is 1.68. The van der Waals surface area contributed by atoms with E-state index in [2.05, 4.69) is 0 Å². The topological polar surface area (TPSA) is 135 Å². The molecule has 1 spiro atoms. The average Bonchev–Trinajstić information content (AvgIpc) is 3.19. The lowest BCUT2D eigenvalue weighted by molar-refractivity contribution is -0.314. The summed E-state index contributed by atoms with van der Waals surface area (Å²) in [5.41, 5.74) is -3.08. The van der Waals surface area contributed by atoms with Gasteiger partial charge in [0.25, 0.3) is 0 Å². The number of rotatable bonds is 7. The molecule has 10 nitrogen and oxygen atoms in total. The molecule has 2 bridgehead atoms. The van der Waals surface area contributed by atoms with Crippen LogP contribution in [-0.2, 0) is 38.1 Å². The number of aliphatic hydroxyl groups excluding tert-OH is 1. The molecule has 9 atom stereocenters. The largest absolute Gasteiger partial charge is 0.459 e. The molecule has 1 saturated heterocycles. The predicted molar refractivity (Wildman–Crippen MR) is 161 cm³/mol. The van der Waals surface area contributed by atoms with Gasteiger partial charge in [0, 0.05) is 19.9 Å². The number of carbonyl (C=O) groups is 4. The van der Waals surface area contributed by atoms with Crippen LogP contribution in [0.4, 0.5) is 0 Å². The Kier molecular flexibility index (Phi) is 8.67. The first-order chi connectivity index (χ1) is 21.2. The van der Waals surface area contributed by atoms with Crippen LogP contribution in [0.5, 0.6) is 0 Å². The van der Waals surface area contributed by atoms with Crippen molar-refractivity contribution in [3.8, 4) is 0 Å². The number of hydrogen-bond donors (Lipinski definition) is 1. The van der Waals surface area contributed by atoms with Crippen molar-refractivity contribution < 1.29 is 48.0 Å². The molecule has 0 aromatic heterocycles. The smallest absolute Gasteiger partial charge is 0.338 e. The van der Waals surface area contributed by atoms with Gasteiger partial charge in [0.2, 0.25) is 0 Å². The Hall–Kier alpha value is -4.02. The van der Waals surface area contributed by atoms with Crippen LogP contribution >= 0.6 is 0 Å². The van der Waals surface area contributed by atoms with Gasteiger partial charge in [-0.05, 0) is 56.9 Å².